The van der Waals surface area contributed by atoms with Crippen LogP contribution in [0.5, 0.6) is 0 Å². The summed E-state index contributed by atoms with van der Waals surface area (Å²) in [5, 5.41) is 3.14. The molecule has 0 spiro atoms. The van der Waals surface area contributed by atoms with E-state index >= 15 is 0 Å². The molecule has 1 heterocycles. The summed E-state index contributed by atoms with van der Waals surface area (Å²) < 4.78 is 0. The Balaban J connectivity index is 1.81. The summed E-state index contributed by atoms with van der Waals surface area (Å²) in [6.45, 7) is 1.77. The Morgan fingerprint density at radius 1 is 1.18 bits per heavy atom. The molecule has 0 aliphatic carbocycles. The van der Waals surface area contributed by atoms with Gasteiger partial charge in [0.25, 0.3) is 0 Å². The zero-order chi connectivity index (χ0) is 15.6. The third kappa shape index (κ3) is 2.89. The second kappa shape index (κ2) is 6.15. The number of benzene rings is 2. The van der Waals surface area contributed by atoms with E-state index in [0.29, 0.717) is 0 Å². The summed E-state index contributed by atoms with van der Waals surface area (Å²) in [7, 11) is 0. The van der Waals surface area contributed by atoms with Gasteiger partial charge < -0.3 is 11.1 Å². The van der Waals surface area contributed by atoms with Crippen molar-refractivity contribution in [1.82, 2.24) is 5.32 Å². The molecule has 3 nitrogen and oxygen atoms in total. The van der Waals surface area contributed by atoms with E-state index in [1.807, 2.05) is 54.2 Å². The van der Waals surface area contributed by atoms with Crippen LogP contribution < -0.4 is 11.1 Å². The van der Waals surface area contributed by atoms with E-state index in [0.717, 1.165) is 17.7 Å². The topological polar surface area (TPSA) is 55.1 Å². The van der Waals surface area contributed by atoms with Gasteiger partial charge in [-0.1, -0.05) is 48.5 Å². The molecule has 0 radical (unpaired) electrons. The molecule has 2 unspecified atom stereocenters. The third-order valence-electron chi connectivity index (χ3n) is 4.11. The minimum Gasteiger partial charge on any atom is -0.347 e. The maximum Gasteiger partial charge on any atom is 0.244 e. The molecule has 0 aromatic heterocycles. The summed E-state index contributed by atoms with van der Waals surface area (Å²) in [4.78, 5) is 13.9. The van der Waals surface area contributed by atoms with E-state index in [2.05, 4.69) is 17.4 Å². The van der Waals surface area contributed by atoms with Crippen molar-refractivity contribution >= 4 is 17.7 Å². The summed E-state index contributed by atoms with van der Waals surface area (Å²) in [5.41, 5.74) is 7.29. The Kier molecular flexibility index (Phi) is 4.23. The van der Waals surface area contributed by atoms with Crippen LogP contribution in [-0.2, 0) is 10.3 Å². The third-order valence-corrected chi connectivity index (χ3v) is 5.23. The van der Waals surface area contributed by atoms with Crippen LogP contribution in [0.2, 0.25) is 0 Å². The van der Waals surface area contributed by atoms with Crippen LogP contribution in [0.3, 0.4) is 0 Å². The zero-order valence-corrected chi connectivity index (χ0v) is 13.4. The first-order valence-electron chi connectivity index (χ1n) is 7.46. The van der Waals surface area contributed by atoms with Gasteiger partial charge >= 0.3 is 0 Å². The number of rotatable bonds is 3. The first-order chi connectivity index (χ1) is 10.6. The molecular formula is C18H20N2OS. The van der Waals surface area contributed by atoms with Crippen molar-refractivity contribution in [2.24, 2.45) is 5.73 Å². The number of nitrogens with two attached hydrogens (primary N) is 1. The van der Waals surface area contributed by atoms with Crippen LogP contribution in [-0.4, -0.2) is 11.7 Å². The first kappa shape index (κ1) is 15.1. The van der Waals surface area contributed by atoms with Gasteiger partial charge in [-0.25, -0.2) is 0 Å². The molecule has 2 atom stereocenters. The molecule has 1 aliphatic heterocycles. The predicted octanol–water partition coefficient (Wildman–Crippen LogP) is 3.21. The van der Waals surface area contributed by atoms with E-state index in [1.165, 1.54) is 10.5 Å². The van der Waals surface area contributed by atoms with Crippen molar-refractivity contribution < 1.29 is 4.79 Å². The molecule has 2 aromatic rings. The van der Waals surface area contributed by atoms with Gasteiger partial charge in [-0.2, -0.15) is 0 Å². The number of carbonyl (C=O) groups excluding carboxylic acids is 1. The fourth-order valence-electron chi connectivity index (χ4n) is 2.72. The maximum absolute atomic E-state index is 12.7. The fraction of sp³-hybridized carbons (Fsp3) is 0.278. The SMILES string of the molecule is CC(N)(C(=O)NC1CCSc2ccccc21)c1ccccc1. The van der Waals surface area contributed by atoms with Gasteiger partial charge in [0.2, 0.25) is 5.91 Å². The van der Waals surface area contributed by atoms with Crippen molar-refractivity contribution in [1.29, 1.82) is 0 Å². The Morgan fingerprint density at radius 2 is 1.86 bits per heavy atom. The average Bonchev–Trinajstić information content (AvgIpc) is 2.56. The van der Waals surface area contributed by atoms with Gasteiger partial charge in [0.15, 0.2) is 0 Å². The Hall–Kier alpha value is -1.78. The number of hydrogen-bond acceptors (Lipinski definition) is 3. The van der Waals surface area contributed by atoms with Crippen molar-refractivity contribution in [3.8, 4) is 0 Å². The van der Waals surface area contributed by atoms with Gasteiger partial charge in [0.05, 0.1) is 6.04 Å². The number of nitrogens with one attached hydrogen (secondary N) is 1. The standard InChI is InChI=1S/C18H20N2OS/c1-18(19,13-7-3-2-4-8-13)17(21)20-15-11-12-22-16-10-6-5-9-14(15)16/h2-10,15H,11-12,19H2,1H3,(H,20,21). The zero-order valence-electron chi connectivity index (χ0n) is 12.6. The minimum atomic E-state index is -1.03. The van der Waals surface area contributed by atoms with Crippen LogP contribution in [0.1, 0.15) is 30.5 Å². The van der Waals surface area contributed by atoms with Gasteiger partial charge in [0, 0.05) is 10.6 Å². The molecule has 22 heavy (non-hydrogen) atoms. The van der Waals surface area contributed by atoms with Crippen LogP contribution in [0.25, 0.3) is 0 Å². The molecule has 114 valence electrons. The van der Waals surface area contributed by atoms with Crippen LogP contribution in [0.15, 0.2) is 59.5 Å². The van der Waals surface area contributed by atoms with Crippen LogP contribution in [0, 0.1) is 0 Å². The van der Waals surface area contributed by atoms with Crippen molar-refractivity contribution in [2.45, 2.75) is 29.8 Å². The van der Waals surface area contributed by atoms with Gasteiger partial charge in [-0.05, 0) is 30.5 Å². The Labute approximate surface area is 135 Å². The van der Waals surface area contributed by atoms with E-state index in [9.17, 15) is 4.79 Å². The number of hydrogen-bond donors (Lipinski definition) is 2. The van der Waals surface area contributed by atoms with Crippen molar-refractivity contribution in [3.05, 3.63) is 65.7 Å². The number of thioether (sulfide) groups is 1. The second-order valence-electron chi connectivity index (χ2n) is 5.77. The highest BCUT2D eigenvalue weighted by atomic mass is 32.2. The van der Waals surface area contributed by atoms with Crippen molar-refractivity contribution in [3.63, 3.8) is 0 Å². The highest BCUT2D eigenvalue weighted by Crippen LogP contribution is 2.36. The highest BCUT2D eigenvalue weighted by Gasteiger charge is 2.33. The largest absolute Gasteiger partial charge is 0.347 e. The van der Waals surface area contributed by atoms with E-state index in [1.54, 1.807) is 6.92 Å². The Morgan fingerprint density at radius 3 is 2.64 bits per heavy atom. The number of fused-ring (bicyclic) bond motifs is 1. The highest BCUT2D eigenvalue weighted by molar-refractivity contribution is 7.99. The summed E-state index contributed by atoms with van der Waals surface area (Å²) in [5.74, 6) is 0.875. The molecule has 0 saturated carbocycles. The second-order valence-corrected chi connectivity index (χ2v) is 6.91. The first-order valence-corrected chi connectivity index (χ1v) is 8.44. The van der Waals surface area contributed by atoms with Gasteiger partial charge in [-0.3, -0.25) is 4.79 Å². The molecule has 3 rings (SSSR count). The molecule has 2 aromatic carbocycles. The van der Waals surface area contributed by atoms with E-state index in [4.69, 9.17) is 5.73 Å². The normalized spacial score (nSPS) is 19.8. The van der Waals surface area contributed by atoms with E-state index in [-0.39, 0.29) is 11.9 Å². The van der Waals surface area contributed by atoms with Crippen LogP contribution in [0.4, 0.5) is 0 Å². The van der Waals surface area contributed by atoms with Gasteiger partial charge in [0.1, 0.15) is 5.54 Å². The number of carbonyl (C=O) groups is 1. The molecular weight excluding hydrogens is 292 g/mol. The number of amides is 1. The maximum atomic E-state index is 12.7. The quantitative estimate of drug-likeness (QED) is 0.915. The fourth-order valence-corrected chi connectivity index (χ4v) is 3.84. The average molecular weight is 312 g/mol. The smallest absolute Gasteiger partial charge is 0.244 e. The summed E-state index contributed by atoms with van der Waals surface area (Å²) >= 11 is 1.84. The lowest BCUT2D eigenvalue weighted by molar-refractivity contribution is -0.126. The Bertz CT molecular complexity index is 670. The monoisotopic (exact) mass is 312 g/mol. The summed E-state index contributed by atoms with van der Waals surface area (Å²) in [6.07, 6.45) is 0.929. The predicted molar refractivity (Wildman–Crippen MR) is 90.6 cm³/mol. The van der Waals surface area contributed by atoms with E-state index < -0.39 is 5.54 Å². The molecule has 0 fully saturated rings. The molecule has 0 saturated heterocycles. The molecule has 0 bridgehead atoms. The van der Waals surface area contributed by atoms with Crippen LogP contribution >= 0.6 is 11.8 Å². The molecule has 4 heteroatoms. The lowest BCUT2D eigenvalue weighted by Crippen LogP contribution is -2.50. The van der Waals surface area contributed by atoms with Gasteiger partial charge in [-0.15, -0.1) is 11.8 Å². The van der Waals surface area contributed by atoms with Crippen molar-refractivity contribution in [2.75, 3.05) is 5.75 Å². The molecule has 1 aliphatic rings. The molecule has 1 amide bonds. The lowest BCUT2D eigenvalue weighted by atomic mass is 9.91. The lowest BCUT2D eigenvalue weighted by Gasteiger charge is -2.30. The minimum absolute atomic E-state index is 0.0385. The summed E-state index contributed by atoms with van der Waals surface area (Å²) in [6, 6.07) is 17.8. The molecule has 3 N–H and O–H groups in total.